The molecular formula is C23H38O6. The molecule has 1 rings (SSSR count). The first kappa shape index (κ1) is 24.9. The average Bonchev–Trinajstić information content (AvgIpc) is 2.69. The van der Waals surface area contributed by atoms with Gasteiger partial charge in [-0.3, -0.25) is 0 Å². The van der Waals surface area contributed by atoms with E-state index in [1.54, 1.807) is 0 Å². The van der Waals surface area contributed by atoms with Gasteiger partial charge in [-0.1, -0.05) is 59.8 Å². The maximum Gasteiger partial charge on any atom is 0.343 e. The molecular weight excluding hydrogens is 372 g/mol. The van der Waals surface area contributed by atoms with Gasteiger partial charge in [0.25, 0.3) is 0 Å². The summed E-state index contributed by atoms with van der Waals surface area (Å²) in [5.74, 6) is -0.898. The van der Waals surface area contributed by atoms with Gasteiger partial charge in [0, 0.05) is 5.56 Å². The topological polar surface area (TPSA) is 85.2 Å². The first-order chi connectivity index (χ1) is 14.0. The lowest BCUT2D eigenvalue weighted by atomic mass is 10.0. The van der Waals surface area contributed by atoms with Gasteiger partial charge in [-0.15, -0.1) is 0 Å². The van der Waals surface area contributed by atoms with Gasteiger partial charge in [0.15, 0.2) is 28.6 Å². The van der Waals surface area contributed by atoms with Gasteiger partial charge in [-0.2, -0.15) is 0 Å². The fourth-order valence-electron chi connectivity index (χ4n) is 3.10. The molecule has 0 aliphatic carbocycles. The van der Waals surface area contributed by atoms with Crippen molar-refractivity contribution in [3.05, 3.63) is 11.1 Å². The van der Waals surface area contributed by atoms with Gasteiger partial charge < -0.3 is 24.4 Å². The number of hydrogen-bond acceptors (Lipinski definition) is 5. The van der Waals surface area contributed by atoms with E-state index in [0.717, 1.165) is 51.4 Å². The molecule has 0 unspecified atom stereocenters. The third-order valence-corrected chi connectivity index (χ3v) is 4.59. The number of carbonyl (C=O) groups is 1. The van der Waals surface area contributed by atoms with Crippen LogP contribution in [-0.4, -0.2) is 36.0 Å². The van der Waals surface area contributed by atoms with Gasteiger partial charge in [0.05, 0.1) is 19.8 Å². The Bertz CT molecular complexity index is 627. The summed E-state index contributed by atoms with van der Waals surface area (Å²) in [6.45, 7) is 9.42. The van der Waals surface area contributed by atoms with Crippen LogP contribution in [0.15, 0.2) is 0 Å². The van der Waals surface area contributed by atoms with E-state index in [9.17, 15) is 15.0 Å². The van der Waals surface area contributed by atoms with Crippen molar-refractivity contribution < 1.29 is 29.2 Å². The third-order valence-electron chi connectivity index (χ3n) is 4.59. The van der Waals surface area contributed by atoms with E-state index >= 15 is 0 Å². The summed E-state index contributed by atoms with van der Waals surface area (Å²) in [7, 11) is 0. The van der Waals surface area contributed by atoms with Crippen LogP contribution in [0.3, 0.4) is 0 Å². The summed E-state index contributed by atoms with van der Waals surface area (Å²) < 4.78 is 17.7. The Morgan fingerprint density at radius 1 is 0.724 bits per heavy atom. The molecule has 6 nitrogen and oxygen atoms in total. The van der Waals surface area contributed by atoms with Crippen molar-refractivity contribution in [2.24, 2.45) is 0 Å². The van der Waals surface area contributed by atoms with Gasteiger partial charge in [-0.05, 0) is 25.7 Å². The highest BCUT2D eigenvalue weighted by molar-refractivity contribution is 5.97. The Labute approximate surface area is 175 Å². The summed E-state index contributed by atoms with van der Waals surface area (Å²) in [5.41, 5.74) is 0.406. The van der Waals surface area contributed by atoms with Gasteiger partial charge in [-0.25, -0.2) is 4.79 Å². The first-order valence-corrected chi connectivity index (χ1v) is 11.1. The molecule has 0 radical (unpaired) electrons. The SMILES string of the molecule is CCCCCOc1c(CCC)c(OCCC)c(O)c(C(=O)O)c1OCCCCC. The highest BCUT2D eigenvalue weighted by Crippen LogP contribution is 2.49. The number of phenols is 1. The standard InChI is InChI=1S/C23H38O6/c1-5-9-11-15-28-21-17(13-7-3)20(27-14-8-4)19(24)18(23(25)26)22(21)29-16-12-10-6-2/h24H,5-16H2,1-4H3,(H,25,26). The first-order valence-electron chi connectivity index (χ1n) is 11.1. The Morgan fingerprint density at radius 2 is 1.28 bits per heavy atom. The highest BCUT2D eigenvalue weighted by Gasteiger charge is 2.30. The highest BCUT2D eigenvalue weighted by atomic mass is 16.5. The normalized spacial score (nSPS) is 10.8. The number of carboxylic acid groups (broad SMARTS) is 1. The molecule has 0 aliphatic rings. The van der Waals surface area contributed by atoms with Crippen molar-refractivity contribution in [2.45, 2.75) is 85.5 Å². The maximum atomic E-state index is 12.0. The number of carboxylic acids is 1. The van der Waals surface area contributed by atoms with Crippen LogP contribution < -0.4 is 14.2 Å². The van der Waals surface area contributed by atoms with E-state index in [4.69, 9.17) is 14.2 Å². The third kappa shape index (κ3) is 7.33. The molecule has 0 bridgehead atoms. The van der Waals surface area contributed by atoms with Crippen LogP contribution in [0.25, 0.3) is 0 Å². The van der Waals surface area contributed by atoms with Crippen molar-refractivity contribution in [1.29, 1.82) is 0 Å². The van der Waals surface area contributed by atoms with Gasteiger partial charge >= 0.3 is 5.97 Å². The molecule has 0 saturated heterocycles. The molecule has 1 aromatic carbocycles. The zero-order valence-corrected chi connectivity index (χ0v) is 18.5. The van der Waals surface area contributed by atoms with E-state index in [2.05, 4.69) is 13.8 Å². The predicted octanol–water partition coefficient (Wildman–Crippen LogP) is 5.97. The Hall–Kier alpha value is -2.11. The molecule has 0 aliphatic heterocycles. The molecule has 29 heavy (non-hydrogen) atoms. The van der Waals surface area contributed by atoms with Crippen molar-refractivity contribution >= 4 is 5.97 Å². The smallest absolute Gasteiger partial charge is 0.343 e. The van der Waals surface area contributed by atoms with E-state index < -0.39 is 5.97 Å². The van der Waals surface area contributed by atoms with Crippen LogP contribution in [0.1, 0.15) is 95.0 Å². The van der Waals surface area contributed by atoms with Crippen LogP contribution in [0, 0.1) is 0 Å². The predicted molar refractivity (Wildman–Crippen MR) is 115 cm³/mol. The van der Waals surface area contributed by atoms with E-state index in [1.807, 2.05) is 13.8 Å². The van der Waals surface area contributed by atoms with Crippen molar-refractivity contribution in [1.82, 2.24) is 0 Å². The van der Waals surface area contributed by atoms with Crippen LogP contribution in [0.5, 0.6) is 23.0 Å². The van der Waals surface area contributed by atoms with Crippen LogP contribution >= 0.6 is 0 Å². The molecule has 0 aromatic heterocycles. The average molecular weight is 411 g/mol. The summed E-state index contributed by atoms with van der Waals surface area (Å²) >= 11 is 0. The lowest BCUT2D eigenvalue weighted by Crippen LogP contribution is -2.12. The molecule has 0 spiro atoms. The number of rotatable bonds is 16. The molecule has 0 fully saturated rings. The molecule has 2 N–H and O–H groups in total. The number of ether oxygens (including phenoxy) is 3. The van der Waals surface area contributed by atoms with Gasteiger partial charge in [0.2, 0.25) is 0 Å². The van der Waals surface area contributed by atoms with Crippen molar-refractivity contribution in [3.63, 3.8) is 0 Å². The second-order valence-corrected chi connectivity index (χ2v) is 7.20. The molecule has 0 saturated carbocycles. The minimum atomic E-state index is -1.25. The lowest BCUT2D eigenvalue weighted by Gasteiger charge is -2.23. The second kappa shape index (κ2) is 14.0. The largest absolute Gasteiger partial charge is 0.504 e. The van der Waals surface area contributed by atoms with Crippen molar-refractivity contribution in [3.8, 4) is 23.0 Å². The Balaban J connectivity index is 3.48. The minimum Gasteiger partial charge on any atom is -0.504 e. The number of aromatic carboxylic acids is 1. The number of aromatic hydroxyl groups is 1. The van der Waals surface area contributed by atoms with Crippen LogP contribution in [0.2, 0.25) is 0 Å². The number of hydrogen-bond donors (Lipinski definition) is 2. The minimum absolute atomic E-state index is 0.120. The van der Waals surface area contributed by atoms with Crippen LogP contribution in [-0.2, 0) is 6.42 Å². The van der Waals surface area contributed by atoms with Gasteiger partial charge in [0.1, 0.15) is 0 Å². The quantitative estimate of drug-likeness (QED) is 0.327. The zero-order valence-electron chi connectivity index (χ0n) is 18.5. The molecule has 6 heteroatoms. The summed E-state index contributed by atoms with van der Waals surface area (Å²) in [6.07, 6.45) is 7.93. The Kier molecular flexibility index (Phi) is 12.0. The zero-order chi connectivity index (χ0) is 21.6. The monoisotopic (exact) mass is 410 g/mol. The fraction of sp³-hybridized carbons (Fsp3) is 0.696. The molecule has 1 aromatic rings. The molecule has 0 amide bonds. The van der Waals surface area contributed by atoms with Crippen molar-refractivity contribution in [2.75, 3.05) is 19.8 Å². The molecule has 0 atom stereocenters. The summed E-state index contributed by atoms with van der Waals surface area (Å²) in [5, 5.41) is 20.6. The second-order valence-electron chi connectivity index (χ2n) is 7.20. The maximum absolute atomic E-state index is 12.0. The summed E-state index contributed by atoms with van der Waals surface area (Å²) in [4.78, 5) is 12.0. The molecule has 0 heterocycles. The lowest BCUT2D eigenvalue weighted by molar-refractivity contribution is 0.0686. The fourth-order valence-corrected chi connectivity index (χ4v) is 3.10. The molecule has 166 valence electrons. The van der Waals surface area contributed by atoms with E-state index in [0.29, 0.717) is 37.6 Å². The summed E-state index contributed by atoms with van der Waals surface area (Å²) in [6, 6.07) is 0. The van der Waals surface area contributed by atoms with E-state index in [-0.39, 0.29) is 22.8 Å². The number of unbranched alkanes of at least 4 members (excludes halogenated alkanes) is 4. The van der Waals surface area contributed by atoms with Crippen LogP contribution in [0.4, 0.5) is 0 Å². The Morgan fingerprint density at radius 3 is 1.76 bits per heavy atom. The van der Waals surface area contributed by atoms with E-state index in [1.165, 1.54) is 0 Å². The number of benzene rings is 1.